The number of rotatable bonds is 4. The Morgan fingerprint density at radius 2 is 1.60 bits per heavy atom. The number of hydrogen-bond acceptors (Lipinski definition) is 5. The molecule has 0 aliphatic heterocycles. The van der Waals surface area contributed by atoms with E-state index in [9.17, 15) is 4.79 Å². The number of nitrogens with zero attached hydrogens (tertiary/aromatic N) is 2. The van der Waals surface area contributed by atoms with Gasteiger partial charge in [0.25, 0.3) is 0 Å². The van der Waals surface area contributed by atoms with Crippen molar-refractivity contribution < 1.29 is 4.79 Å². The Hall–Kier alpha value is -3.21. The van der Waals surface area contributed by atoms with Crippen LogP contribution in [0.15, 0.2) is 54.7 Å². The summed E-state index contributed by atoms with van der Waals surface area (Å²) in [6.07, 6.45) is 4.33. The van der Waals surface area contributed by atoms with E-state index in [0.717, 1.165) is 46.7 Å². The normalized spacial score (nSPS) is 11.8. The second kappa shape index (κ2) is 11.7. The van der Waals surface area contributed by atoms with E-state index in [0.29, 0.717) is 12.4 Å². The SMILES string of the molecule is CC.CC.Cc1cnc(Nc2ccccc2)nc1Nc1ccc2c(c1)C(=O)CCC2. The van der Waals surface area contributed by atoms with Crippen molar-refractivity contribution in [1.29, 1.82) is 0 Å². The molecule has 0 spiro atoms. The van der Waals surface area contributed by atoms with Crippen LogP contribution in [0, 0.1) is 6.92 Å². The van der Waals surface area contributed by atoms with E-state index in [1.807, 2.05) is 83.1 Å². The summed E-state index contributed by atoms with van der Waals surface area (Å²) in [5.74, 6) is 1.47. The summed E-state index contributed by atoms with van der Waals surface area (Å²) in [7, 11) is 0. The van der Waals surface area contributed by atoms with Gasteiger partial charge in [-0.3, -0.25) is 4.79 Å². The summed E-state index contributed by atoms with van der Waals surface area (Å²) in [5, 5.41) is 6.52. The molecule has 1 aliphatic rings. The molecule has 4 rings (SSSR count). The zero-order valence-electron chi connectivity index (χ0n) is 18.6. The summed E-state index contributed by atoms with van der Waals surface area (Å²) in [4.78, 5) is 21.1. The fraction of sp³-hybridized carbons (Fsp3) is 0.320. The molecule has 1 heterocycles. The van der Waals surface area contributed by atoms with Crippen molar-refractivity contribution >= 4 is 28.9 Å². The number of benzene rings is 2. The van der Waals surface area contributed by atoms with Gasteiger partial charge in [0.2, 0.25) is 5.95 Å². The summed E-state index contributed by atoms with van der Waals surface area (Å²) in [5.41, 5.74) is 4.70. The van der Waals surface area contributed by atoms with Gasteiger partial charge in [-0.05, 0) is 49.6 Å². The molecule has 0 atom stereocenters. The smallest absolute Gasteiger partial charge is 0.229 e. The Kier molecular flexibility index (Phi) is 9.01. The van der Waals surface area contributed by atoms with Crippen LogP contribution in [0.1, 0.15) is 62.0 Å². The molecule has 30 heavy (non-hydrogen) atoms. The predicted octanol–water partition coefficient (Wildman–Crippen LogP) is 6.84. The number of carbonyl (C=O) groups excluding carboxylic acids is 1. The van der Waals surface area contributed by atoms with Gasteiger partial charge in [0.1, 0.15) is 5.82 Å². The number of aryl methyl sites for hydroxylation is 2. The first-order chi connectivity index (χ1) is 14.7. The average Bonchev–Trinajstić information content (AvgIpc) is 2.80. The highest BCUT2D eigenvalue weighted by molar-refractivity contribution is 5.99. The Bertz CT molecular complexity index is 955. The first kappa shape index (κ1) is 23.1. The molecule has 0 unspecified atom stereocenters. The van der Waals surface area contributed by atoms with Crippen LogP contribution in [-0.4, -0.2) is 15.8 Å². The molecule has 0 radical (unpaired) electrons. The van der Waals surface area contributed by atoms with Gasteiger partial charge in [-0.25, -0.2) is 4.98 Å². The monoisotopic (exact) mass is 404 g/mol. The van der Waals surface area contributed by atoms with E-state index in [-0.39, 0.29) is 5.78 Å². The number of Topliss-reactive ketones (excluding diaryl/α,β-unsaturated/α-hetero) is 1. The molecule has 0 bridgehead atoms. The van der Waals surface area contributed by atoms with Crippen molar-refractivity contribution in [3.05, 3.63) is 71.4 Å². The maximum atomic E-state index is 12.2. The first-order valence-corrected chi connectivity index (χ1v) is 10.8. The molecule has 5 heteroatoms. The number of fused-ring (bicyclic) bond motifs is 1. The number of carbonyl (C=O) groups is 1. The van der Waals surface area contributed by atoms with Crippen LogP contribution in [0.4, 0.5) is 23.1 Å². The Morgan fingerprint density at radius 3 is 2.33 bits per heavy atom. The van der Waals surface area contributed by atoms with Crippen LogP contribution in [-0.2, 0) is 6.42 Å². The molecule has 2 aromatic carbocycles. The Balaban J connectivity index is 0.000000757. The number of para-hydroxylation sites is 1. The van der Waals surface area contributed by atoms with Crippen LogP contribution in [0.5, 0.6) is 0 Å². The van der Waals surface area contributed by atoms with Gasteiger partial charge in [-0.15, -0.1) is 0 Å². The second-order valence-electron chi connectivity index (χ2n) is 6.49. The second-order valence-corrected chi connectivity index (χ2v) is 6.49. The van der Waals surface area contributed by atoms with E-state index in [4.69, 9.17) is 0 Å². The Labute approximate surface area is 180 Å². The van der Waals surface area contributed by atoms with Crippen LogP contribution in [0.25, 0.3) is 0 Å². The minimum Gasteiger partial charge on any atom is -0.340 e. The molecule has 5 nitrogen and oxygen atoms in total. The molecule has 0 saturated carbocycles. The lowest BCUT2D eigenvalue weighted by Crippen LogP contribution is -2.11. The van der Waals surface area contributed by atoms with E-state index in [1.165, 1.54) is 0 Å². The lowest BCUT2D eigenvalue weighted by Gasteiger charge is -2.17. The van der Waals surface area contributed by atoms with Crippen molar-refractivity contribution in [2.75, 3.05) is 10.6 Å². The molecule has 3 aromatic rings. The predicted molar refractivity (Wildman–Crippen MR) is 126 cm³/mol. The highest BCUT2D eigenvalue weighted by atomic mass is 16.1. The summed E-state index contributed by atoms with van der Waals surface area (Å²) in [6.45, 7) is 9.96. The van der Waals surface area contributed by atoms with E-state index >= 15 is 0 Å². The van der Waals surface area contributed by atoms with Crippen molar-refractivity contribution in [3.8, 4) is 0 Å². The Morgan fingerprint density at radius 1 is 0.867 bits per heavy atom. The van der Waals surface area contributed by atoms with Gasteiger partial charge in [0.15, 0.2) is 5.78 Å². The third-order valence-corrected chi connectivity index (χ3v) is 4.52. The van der Waals surface area contributed by atoms with Crippen molar-refractivity contribution in [1.82, 2.24) is 9.97 Å². The molecule has 158 valence electrons. The maximum Gasteiger partial charge on any atom is 0.229 e. The summed E-state index contributed by atoms with van der Waals surface area (Å²) >= 11 is 0. The number of anilines is 4. The largest absolute Gasteiger partial charge is 0.340 e. The minimum absolute atomic E-state index is 0.223. The maximum absolute atomic E-state index is 12.2. The molecule has 0 saturated heterocycles. The lowest BCUT2D eigenvalue weighted by atomic mass is 9.90. The van der Waals surface area contributed by atoms with Crippen LogP contribution < -0.4 is 10.6 Å². The zero-order valence-corrected chi connectivity index (χ0v) is 18.6. The molecule has 0 amide bonds. The van der Waals surface area contributed by atoms with Crippen molar-refractivity contribution in [2.45, 2.75) is 53.9 Å². The van der Waals surface area contributed by atoms with Crippen LogP contribution in [0.2, 0.25) is 0 Å². The summed E-state index contributed by atoms with van der Waals surface area (Å²) in [6, 6.07) is 15.8. The van der Waals surface area contributed by atoms with E-state index in [2.05, 4.69) is 20.6 Å². The van der Waals surface area contributed by atoms with Gasteiger partial charge in [0, 0.05) is 35.1 Å². The van der Waals surface area contributed by atoms with Crippen molar-refractivity contribution in [2.24, 2.45) is 0 Å². The van der Waals surface area contributed by atoms with Crippen molar-refractivity contribution in [3.63, 3.8) is 0 Å². The topological polar surface area (TPSA) is 66.9 Å². The van der Waals surface area contributed by atoms with E-state index < -0.39 is 0 Å². The fourth-order valence-electron chi connectivity index (χ4n) is 3.12. The molecular formula is C25H32N4O. The van der Waals surface area contributed by atoms with Crippen LogP contribution in [0.3, 0.4) is 0 Å². The summed E-state index contributed by atoms with van der Waals surface area (Å²) < 4.78 is 0. The quantitative estimate of drug-likeness (QED) is 0.498. The standard InChI is InChI=1S/C21H20N4O.2C2H6/c1-14-13-22-21(24-16-7-3-2-4-8-16)25-20(14)23-17-11-10-15-6-5-9-19(26)18(15)12-17;2*1-2/h2-4,7-8,10-13H,5-6,9H2,1H3,(H2,22,23,24,25);2*1-2H3. The van der Waals surface area contributed by atoms with Gasteiger partial charge >= 0.3 is 0 Å². The molecule has 1 aromatic heterocycles. The van der Waals surface area contributed by atoms with Crippen LogP contribution >= 0.6 is 0 Å². The zero-order chi connectivity index (χ0) is 21.9. The highest BCUT2D eigenvalue weighted by Gasteiger charge is 2.17. The van der Waals surface area contributed by atoms with Gasteiger partial charge in [-0.2, -0.15) is 4.98 Å². The third kappa shape index (κ3) is 5.89. The number of aromatic nitrogens is 2. The first-order valence-electron chi connectivity index (χ1n) is 10.8. The van der Waals surface area contributed by atoms with Gasteiger partial charge < -0.3 is 10.6 Å². The molecule has 1 aliphatic carbocycles. The number of hydrogen-bond donors (Lipinski definition) is 2. The van der Waals surface area contributed by atoms with Gasteiger partial charge in [-0.1, -0.05) is 52.0 Å². The lowest BCUT2D eigenvalue weighted by molar-refractivity contribution is 0.0972. The molecular weight excluding hydrogens is 372 g/mol. The minimum atomic E-state index is 0.223. The third-order valence-electron chi connectivity index (χ3n) is 4.52. The fourth-order valence-corrected chi connectivity index (χ4v) is 3.12. The average molecular weight is 405 g/mol. The number of nitrogens with one attached hydrogen (secondary N) is 2. The number of ketones is 1. The molecule has 0 fully saturated rings. The molecule has 2 N–H and O–H groups in total. The van der Waals surface area contributed by atoms with Gasteiger partial charge in [0.05, 0.1) is 0 Å². The van der Waals surface area contributed by atoms with E-state index in [1.54, 1.807) is 6.20 Å². The highest BCUT2D eigenvalue weighted by Crippen LogP contribution is 2.27.